The molecule has 1 aromatic rings. The number of alkyl carbamates (subject to hydrolysis) is 1. The van der Waals surface area contributed by atoms with Crippen LogP contribution in [-0.2, 0) is 11.2 Å². The van der Waals surface area contributed by atoms with Crippen LogP contribution in [0.4, 0.5) is 4.79 Å². The molecule has 10 nitrogen and oxygen atoms in total. The Morgan fingerprint density at radius 1 is 1.38 bits per heavy atom. The monoisotopic (exact) mass is 369 g/mol. The van der Waals surface area contributed by atoms with Crippen LogP contribution >= 0.6 is 0 Å². The number of aliphatic hydroxyl groups is 1. The molecule has 0 aliphatic carbocycles. The van der Waals surface area contributed by atoms with Gasteiger partial charge in [-0.2, -0.15) is 0 Å². The number of aromatic nitrogens is 2. The Morgan fingerprint density at radius 2 is 2.15 bits per heavy atom. The van der Waals surface area contributed by atoms with Gasteiger partial charge in [0, 0.05) is 19.5 Å². The number of carbonyl (C=O) groups excluding carboxylic acids is 1. The molecule has 146 valence electrons. The summed E-state index contributed by atoms with van der Waals surface area (Å²) in [6, 6.07) is -0.248. The van der Waals surface area contributed by atoms with Crippen molar-refractivity contribution in [3.05, 3.63) is 11.8 Å². The number of hydroxylamine groups is 2. The number of rotatable bonds is 5. The van der Waals surface area contributed by atoms with Crippen molar-refractivity contribution >= 4 is 6.09 Å². The molecule has 2 fully saturated rings. The molecular weight excluding hydrogens is 342 g/mol. The fraction of sp³-hybridized carbons (Fsp3) is 0.812. The zero-order chi connectivity index (χ0) is 18.9. The highest BCUT2D eigenvalue weighted by Crippen LogP contribution is 2.38. The number of piperidine rings is 1. The van der Waals surface area contributed by atoms with Crippen molar-refractivity contribution in [2.75, 3.05) is 13.1 Å². The predicted molar refractivity (Wildman–Crippen MR) is 89.0 cm³/mol. The highest BCUT2D eigenvalue weighted by Gasteiger charge is 2.47. The lowest BCUT2D eigenvalue weighted by atomic mass is 10.0. The second-order valence-corrected chi connectivity index (χ2v) is 7.74. The van der Waals surface area contributed by atoms with Crippen molar-refractivity contribution in [2.24, 2.45) is 0 Å². The molecule has 10 heteroatoms. The molecule has 0 aromatic carbocycles. The second kappa shape index (κ2) is 7.47. The van der Waals surface area contributed by atoms with E-state index < -0.39 is 18.0 Å². The molecular formula is C16H27N5O5. The summed E-state index contributed by atoms with van der Waals surface area (Å²) in [5, 5.41) is 31.7. The molecule has 3 rings (SSSR count). The molecule has 2 aliphatic heterocycles. The fourth-order valence-electron chi connectivity index (χ4n) is 3.30. The Labute approximate surface area is 152 Å². The van der Waals surface area contributed by atoms with E-state index in [1.165, 1.54) is 0 Å². The highest BCUT2D eigenvalue weighted by molar-refractivity contribution is 5.67. The number of carbonyl (C=O) groups is 1. The van der Waals surface area contributed by atoms with Gasteiger partial charge >= 0.3 is 6.09 Å². The molecule has 2 unspecified atom stereocenters. The minimum absolute atomic E-state index is 0.0532. The summed E-state index contributed by atoms with van der Waals surface area (Å²) in [6.45, 7) is 6.45. The van der Waals surface area contributed by atoms with Gasteiger partial charge in [0.2, 0.25) is 11.8 Å². The fourth-order valence-corrected chi connectivity index (χ4v) is 3.30. The molecule has 0 saturated carbocycles. The largest absolute Gasteiger partial charge is 0.444 e. The van der Waals surface area contributed by atoms with Crippen LogP contribution in [-0.4, -0.2) is 67.7 Å². The summed E-state index contributed by atoms with van der Waals surface area (Å²) in [7, 11) is 0. The Bertz CT molecular complexity index is 631. The Hall–Kier alpha value is -1.75. The first-order valence-electron chi connectivity index (χ1n) is 8.95. The maximum absolute atomic E-state index is 11.6. The zero-order valence-electron chi connectivity index (χ0n) is 15.4. The van der Waals surface area contributed by atoms with E-state index in [1.54, 1.807) is 4.90 Å². The van der Waals surface area contributed by atoms with Crippen molar-refractivity contribution in [2.45, 2.75) is 70.5 Å². The average molecular weight is 369 g/mol. The maximum atomic E-state index is 11.6. The van der Waals surface area contributed by atoms with Gasteiger partial charge in [-0.1, -0.05) is 0 Å². The van der Waals surface area contributed by atoms with E-state index in [-0.39, 0.29) is 12.1 Å². The summed E-state index contributed by atoms with van der Waals surface area (Å²) >= 11 is 0. The number of aryl methyl sites for hydroxylation is 1. The van der Waals surface area contributed by atoms with Gasteiger partial charge in [-0.25, -0.2) is 4.79 Å². The quantitative estimate of drug-likeness (QED) is 0.652. The van der Waals surface area contributed by atoms with Crippen molar-refractivity contribution in [3.8, 4) is 0 Å². The third kappa shape index (κ3) is 4.32. The Kier molecular flexibility index (Phi) is 5.47. The minimum Gasteiger partial charge on any atom is -0.444 e. The molecule has 2 aliphatic rings. The van der Waals surface area contributed by atoms with E-state index in [2.05, 4.69) is 15.5 Å². The average Bonchev–Trinajstić information content (AvgIpc) is 3.11. The van der Waals surface area contributed by atoms with Gasteiger partial charge in [0.05, 0.1) is 12.1 Å². The van der Waals surface area contributed by atoms with Gasteiger partial charge in [0.1, 0.15) is 5.60 Å². The molecule has 1 amide bonds. The van der Waals surface area contributed by atoms with Gasteiger partial charge in [0.25, 0.3) is 0 Å². The predicted octanol–water partition coefficient (Wildman–Crippen LogP) is 1.01. The van der Waals surface area contributed by atoms with E-state index in [0.717, 1.165) is 17.9 Å². The van der Waals surface area contributed by atoms with Gasteiger partial charge in [-0.15, -0.1) is 15.3 Å². The second-order valence-electron chi connectivity index (χ2n) is 7.74. The third-order valence-corrected chi connectivity index (χ3v) is 4.51. The number of nitrogens with zero attached hydrogens (tertiary/aromatic N) is 4. The standard InChI is InChI=1S/C16H27N5O5/c1-16(2,3)26-14(22)17-8-4-5-12-18-19-13(25-12)11-7-6-10-9-20(11)15(23)21(10)24/h10-11,15,23-24H,4-9H2,1-3H3,(H,17,22)/t10-,11+,15?/m1/s1. The van der Waals surface area contributed by atoms with Crippen molar-refractivity contribution in [1.29, 1.82) is 0 Å². The maximum Gasteiger partial charge on any atom is 0.407 e. The molecule has 3 N–H and O–H groups in total. The minimum atomic E-state index is -1.04. The first-order chi connectivity index (χ1) is 12.2. The lowest BCUT2D eigenvalue weighted by Gasteiger charge is -2.29. The number of aliphatic hydroxyl groups excluding tert-OH is 1. The zero-order valence-corrected chi connectivity index (χ0v) is 15.4. The number of ether oxygens (including phenoxy) is 1. The molecule has 4 atom stereocenters. The lowest BCUT2D eigenvalue weighted by Crippen LogP contribution is -2.38. The number of hydrogen-bond donors (Lipinski definition) is 3. The smallest absolute Gasteiger partial charge is 0.407 e. The first kappa shape index (κ1) is 19.0. The third-order valence-electron chi connectivity index (χ3n) is 4.51. The van der Waals surface area contributed by atoms with E-state index in [0.29, 0.717) is 37.7 Å². The molecule has 1 aromatic heterocycles. The van der Waals surface area contributed by atoms with E-state index in [1.807, 2.05) is 20.8 Å². The van der Waals surface area contributed by atoms with E-state index in [4.69, 9.17) is 9.15 Å². The number of hydrogen-bond acceptors (Lipinski definition) is 9. The van der Waals surface area contributed by atoms with Gasteiger partial charge in [-0.05, 0) is 40.0 Å². The topological polar surface area (TPSA) is 124 Å². The molecule has 26 heavy (non-hydrogen) atoms. The van der Waals surface area contributed by atoms with E-state index >= 15 is 0 Å². The normalized spacial score (nSPS) is 29.0. The summed E-state index contributed by atoms with van der Waals surface area (Å²) in [5.74, 6) is 0.940. The van der Waals surface area contributed by atoms with Crippen LogP contribution in [0.5, 0.6) is 0 Å². The molecule has 0 spiro atoms. The van der Waals surface area contributed by atoms with Crippen LogP contribution in [0.1, 0.15) is 57.9 Å². The van der Waals surface area contributed by atoms with Crippen LogP contribution in [0.2, 0.25) is 0 Å². The van der Waals surface area contributed by atoms with Gasteiger partial charge in [-0.3, -0.25) is 4.90 Å². The Balaban J connectivity index is 1.46. The van der Waals surface area contributed by atoms with E-state index in [9.17, 15) is 15.1 Å². The number of nitrogens with one attached hydrogen (secondary N) is 1. The number of fused-ring (bicyclic) bond motifs is 2. The summed E-state index contributed by atoms with van der Waals surface area (Å²) < 4.78 is 10.9. The van der Waals surface area contributed by atoms with Crippen LogP contribution in [0, 0.1) is 0 Å². The van der Waals surface area contributed by atoms with Gasteiger partial charge < -0.3 is 24.8 Å². The molecule has 0 radical (unpaired) electrons. The molecule has 2 saturated heterocycles. The summed E-state index contributed by atoms with van der Waals surface area (Å²) in [4.78, 5) is 13.3. The van der Waals surface area contributed by atoms with Crippen molar-refractivity contribution in [1.82, 2.24) is 25.5 Å². The summed E-state index contributed by atoms with van der Waals surface area (Å²) in [5.41, 5.74) is -0.519. The van der Waals surface area contributed by atoms with Gasteiger partial charge in [0.15, 0.2) is 6.35 Å². The van der Waals surface area contributed by atoms with Crippen molar-refractivity contribution in [3.63, 3.8) is 0 Å². The van der Waals surface area contributed by atoms with Crippen molar-refractivity contribution < 1.29 is 24.3 Å². The lowest BCUT2D eigenvalue weighted by molar-refractivity contribution is -0.222. The molecule has 2 bridgehead atoms. The van der Waals surface area contributed by atoms with Crippen LogP contribution < -0.4 is 5.32 Å². The van der Waals surface area contributed by atoms with Crippen LogP contribution in [0.3, 0.4) is 0 Å². The molecule has 3 heterocycles. The number of amides is 1. The highest BCUT2D eigenvalue weighted by atomic mass is 16.6. The van der Waals surface area contributed by atoms with Crippen LogP contribution in [0.15, 0.2) is 4.42 Å². The summed E-state index contributed by atoms with van der Waals surface area (Å²) in [6.07, 6.45) is 1.18. The Morgan fingerprint density at radius 3 is 2.88 bits per heavy atom. The first-order valence-corrected chi connectivity index (χ1v) is 8.95. The van der Waals surface area contributed by atoms with Crippen LogP contribution in [0.25, 0.3) is 0 Å². The SMILES string of the molecule is CC(C)(C)OC(=O)NCCCc1nnc([C@@H]2CC[C@@H]3CN2C(O)N3O)o1.